The molecule has 2 rings (SSSR count). The van der Waals surface area contributed by atoms with E-state index in [0.717, 1.165) is 22.8 Å². The molecule has 0 amide bonds. The molecule has 1 fully saturated rings. The summed E-state index contributed by atoms with van der Waals surface area (Å²) < 4.78 is 0. The Morgan fingerprint density at radius 2 is 2.28 bits per heavy atom. The van der Waals surface area contributed by atoms with Crippen molar-refractivity contribution in [1.29, 1.82) is 0 Å². The smallest absolute Gasteiger partial charge is 0.274 e. The van der Waals surface area contributed by atoms with Crippen molar-refractivity contribution in [3.63, 3.8) is 0 Å². The highest BCUT2D eigenvalue weighted by molar-refractivity contribution is 7.99. The van der Waals surface area contributed by atoms with Gasteiger partial charge in [0.2, 0.25) is 0 Å². The molecule has 2 atom stereocenters. The number of nitro groups is 1. The summed E-state index contributed by atoms with van der Waals surface area (Å²) in [5.74, 6) is 2.84. The number of hydrogen-bond acceptors (Lipinski definition) is 4. The maximum atomic E-state index is 11.0. The van der Waals surface area contributed by atoms with E-state index in [9.17, 15) is 10.1 Å². The number of benzene rings is 1. The molecule has 1 heterocycles. The molecule has 18 heavy (non-hydrogen) atoms. The van der Waals surface area contributed by atoms with Gasteiger partial charge in [-0.1, -0.05) is 19.9 Å². The molecule has 0 spiro atoms. The molecular formula is C13H18N2O2S. The Labute approximate surface area is 111 Å². The minimum absolute atomic E-state index is 0.223. The van der Waals surface area contributed by atoms with Gasteiger partial charge in [0.25, 0.3) is 5.69 Å². The number of thioether (sulfide) groups is 1. The van der Waals surface area contributed by atoms with E-state index in [2.05, 4.69) is 12.2 Å². The third kappa shape index (κ3) is 2.77. The van der Waals surface area contributed by atoms with Gasteiger partial charge < -0.3 is 5.32 Å². The molecule has 1 aliphatic rings. The molecule has 2 unspecified atom stereocenters. The lowest BCUT2D eigenvalue weighted by Crippen LogP contribution is -2.25. The number of nitrogens with one attached hydrogen (secondary N) is 1. The van der Waals surface area contributed by atoms with Crippen molar-refractivity contribution in [1.82, 2.24) is 0 Å². The van der Waals surface area contributed by atoms with Crippen LogP contribution in [0.5, 0.6) is 0 Å². The Bertz CT molecular complexity index is 451. The van der Waals surface area contributed by atoms with Crippen LogP contribution in [0.3, 0.4) is 0 Å². The Balaban J connectivity index is 2.18. The lowest BCUT2D eigenvalue weighted by atomic mass is 10.1. The lowest BCUT2D eigenvalue weighted by molar-refractivity contribution is -0.385. The van der Waals surface area contributed by atoms with Crippen molar-refractivity contribution in [2.75, 3.05) is 16.8 Å². The highest BCUT2D eigenvalue weighted by Gasteiger charge is 2.24. The Hall–Kier alpha value is -1.23. The minimum atomic E-state index is -0.295. The third-order valence-corrected chi connectivity index (χ3v) is 4.74. The molecule has 0 radical (unpaired) electrons. The molecule has 0 aromatic heterocycles. The molecule has 0 saturated carbocycles. The first-order valence-electron chi connectivity index (χ1n) is 6.23. The molecule has 1 aromatic carbocycles. The van der Waals surface area contributed by atoms with Gasteiger partial charge in [0.05, 0.1) is 4.92 Å². The molecule has 0 aliphatic carbocycles. The van der Waals surface area contributed by atoms with Gasteiger partial charge in [-0.2, -0.15) is 11.8 Å². The van der Waals surface area contributed by atoms with E-state index in [1.54, 1.807) is 6.07 Å². The minimum Gasteiger partial charge on any atom is -0.381 e. The number of rotatable bonds is 4. The average Bonchev–Trinajstić information content (AvgIpc) is 2.75. The van der Waals surface area contributed by atoms with Crippen LogP contribution in [0.15, 0.2) is 18.2 Å². The summed E-state index contributed by atoms with van der Waals surface area (Å²) in [4.78, 5) is 10.7. The van der Waals surface area contributed by atoms with Crippen molar-refractivity contribution in [3.05, 3.63) is 33.9 Å². The summed E-state index contributed by atoms with van der Waals surface area (Å²) in [5, 5.41) is 14.4. The number of nitrogens with zero attached hydrogens (tertiary/aromatic N) is 1. The maximum absolute atomic E-state index is 11.0. The van der Waals surface area contributed by atoms with E-state index in [1.807, 2.05) is 30.8 Å². The number of hydrogen-bond donors (Lipinski definition) is 1. The monoisotopic (exact) mass is 266 g/mol. The van der Waals surface area contributed by atoms with Gasteiger partial charge in [0.1, 0.15) is 0 Å². The molecule has 4 nitrogen and oxygen atoms in total. The number of anilines is 1. The fourth-order valence-electron chi connectivity index (χ4n) is 2.18. The molecule has 1 saturated heterocycles. The van der Waals surface area contributed by atoms with Crippen LogP contribution in [0.2, 0.25) is 0 Å². The molecule has 1 aliphatic heterocycles. The SMILES string of the molecule is CCc1ccc(NC2CSCC2C)cc1[N+](=O)[O-]. The van der Waals surface area contributed by atoms with Gasteiger partial charge in [-0.25, -0.2) is 0 Å². The zero-order chi connectivity index (χ0) is 13.1. The predicted octanol–water partition coefficient (Wildman–Crippen LogP) is 3.32. The summed E-state index contributed by atoms with van der Waals surface area (Å²) >= 11 is 1.93. The Morgan fingerprint density at radius 1 is 1.50 bits per heavy atom. The largest absolute Gasteiger partial charge is 0.381 e. The molecule has 1 N–H and O–H groups in total. The van der Waals surface area contributed by atoms with E-state index in [1.165, 1.54) is 0 Å². The van der Waals surface area contributed by atoms with Crippen LogP contribution in [0.4, 0.5) is 11.4 Å². The van der Waals surface area contributed by atoms with Crippen LogP contribution in [0.1, 0.15) is 19.4 Å². The predicted molar refractivity (Wildman–Crippen MR) is 76.4 cm³/mol. The quantitative estimate of drug-likeness (QED) is 0.671. The topological polar surface area (TPSA) is 55.2 Å². The zero-order valence-corrected chi connectivity index (χ0v) is 11.5. The maximum Gasteiger partial charge on any atom is 0.274 e. The van der Waals surface area contributed by atoms with E-state index in [0.29, 0.717) is 18.4 Å². The van der Waals surface area contributed by atoms with Gasteiger partial charge in [0.15, 0.2) is 0 Å². The van der Waals surface area contributed by atoms with Crippen molar-refractivity contribution < 1.29 is 4.92 Å². The molecule has 1 aromatic rings. The van der Waals surface area contributed by atoms with Crippen LogP contribution in [-0.2, 0) is 6.42 Å². The van der Waals surface area contributed by atoms with Crippen molar-refractivity contribution in [2.24, 2.45) is 5.92 Å². The van der Waals surface area contributed by atoms with Crippen LogP contribution < -0.4 is 5.32 Å². The summed E-state index contributed by atoms with van der Waals surface area (Å²) in [6.45, 7) is 4.15. The van der Waals surface area contributed by atoms with E-state index < -0.39 is 0 Å². The van der Waals surface area contributed by atoms with Gasteiger partial charge in [-0.3, -0.25) is 10.1 Å². The first-order valence-corrected chi connectivity index (χ1v) is 7.39. The van der Waals surface area contributed by atoms with Crippen molar-refractivity contribution >= 4 is 23.1 Å². The zero-order valence-electron chi connectivity index (χ0n) is 10.7. The highest BCUT2D eigenvalue weighted by atomic mass is 32.2. The van der Waals surface area contributed by atoms with Crippen molar-refractivity contribution in [3.8, 4) is 0 Å². The Kier molecular flexibility index (Phi) is 4.11. The second kappa shape index (κ2) is 5.61. The Morgan fingerprint density at radius 3 is 2.83 bits per heavy atom. The van der Waals surface area contributed by atoms with E-state index in [4.69, 9.17) is 0 Å². The molecule has 98 valence electrons. The fraction of sp³-hybridized carbons (Fsp3) is 0.538. The van der Waals surface area contributed by atoms with Gasteiger partial charge in [0, 0.05) is 29.1 Å². The van der Waals surface area contributed by atoms with Gasteiger partial charge in [-0.15, -0.1) is 0 Å². The number of aryl methyl sites for hydroxylation is 1. The van der Waals surface area contributed by atoms with Crippen LogP contribution >= 0.6 is 11.8 Å². The lowest BCUT2D eigenvalue weighted by Gasteiger charge is -2.18. The van der Waals surface area contributed by atoms with Gasteiger partial charge in [-0.05, 0) is 24.2 Å². The molecular weight excluding hydrogens is 248 g/mol. The standard InChI is InChI=1S/C13H18N2O2S/c1-3-10-4-5-11(6-13(10)15(16)17)14-12-8-18-7-9(12)2/h4-6,9,12,14H,3,7-8H2,1-2H3. The van der Waals surface area contributed by atoms with E-state index in [-0.39, 0.29) is 10.6 Å². The van der Waals surface area contributed by atoms with Crippen LogP contribution in [0.25, 0.3) is 0 Å². The summed E-state index contributed by atoms with van der Waals surface area (Å²) in [6, 6.07) is 5.88. The third-order valence-electron chi connectivity index (χ3n) is 3.38. The summed E-state index contributed by atoms with van der Waals surface area (Å²) in [7, 11) is 0. The average molecular weight is 266 g/mol. The number of nitro benzene ring substituents is 1. The normalized spacial score (nSPS) is 23.0. The summed E-state index contributed by atoms with van der Waals surface area (Å²) in [6.07, 6.45) is 0.687. The van der Waals surface area contributed by atoms with E-state index >= 15 is 0 Å². The van der Waals surface area contributed by atoms with Crippen molar-refractivity contribution in [2.45, 2.75) is 26.3 Å². The molecule has 0 bridgehead atoms. The highest BCUT2D eigenvalue weighted by Crippen LogP contribution is 2.29. The second-order valence-electron chi connectivity index (χ2n) is 4.72. The van der Waals surface area contributed by atoms with Crippen LogP contribution in [0, 0.1) is 16.0 Å². The molecule has 5 heteroatoms. The first-order chi connectivity index (χ1) is 8.61. The summed E-state index contributed by atoms with van der Waals surface area (Å²) in [5.41, 5.74) is 1.87. The second-order valence-corrected chi connectivity index (χ2v) is 5.79. The first kappa shape index (κ1) is 13.2. The van der Waals surface area contributed by atoms with Crippen LogP contribution in [-0.4, -0.2) is 22.5 Å². The fourth-order valence-corrected chi connectivity index (χ4v) is 3.59. The van der Waals surface area contributed by atoms with Gasteiger partial charge >= 0.3 is 0 Å².